The molecular formula is C18H19ClN2O3. The normalized spacial score (nSPS) is 11.5. The van der Waals surface area contributed by atoms with E-state index < -0.39 is 12.1 Å². The van der Waals surface area contributed by atoms with Crippen LogP contribution in [0, 0.1) is 6.92 Å². The molecule has 0 fully saturated rings. The van der Waals surface area contributed by atoms with Crippen molar-refractivity contribution in [3.8, 4) is 0 Å². The average Bonchev–Trinajstić information content (AvgIpc) is 2.57. The number of hydrogen-bond acceptors (Lipinski definition) is 3. The Bertz CT molecular complexity index is 719. The van der Waals surface area contributed by atoms with E-state index in [0.717, 1.165) is 11.1 Å². The van der Waals surface area contributed by atoms with Gasteiger partial charge in [0.1, 0.15) is 12.6 Å². The molecule has 0 unspecified atom stereocenters. The number of halogens is 1. The van der Waals surface area contributed by atoms with Gasteiger partial charge in [-0.2, -0.15) is 0 Å². The first-order valence-corrected chi connectivity index (χ1v) is 7.87. The van der Waals surface area contributed by atoms with Gasteiger partial charge in [-0.25, -0.2) is 4.79 Å². The van der Waals surface area contributed by atoms with E-state index in [2.05, 4.69) is 10.6 Å². The summed E-state index contributed by atoms with van der Waals surface area (Å²) >= 11 is 6.02. The molecular weight excluding hydrogens is 328 g/mol. The smallest absolute Gasteiger partial charge is 0.408 e. The van der Waals surface area contributed by atoms with E-state index in [-0.39, 0.29) is 12.5 Å². The molecule has 0 saturated carbocycles. The first-order chi connectivity index (χ1) is 11.5. The molecule has 24 heavy (non-hydrogen) atoms. The summed E-state index contributed by atoms with van der Waals surface area (Å²) in [5.74, 6) is -0.355. The fourth-order valence-corrected chi connectivity index (χ4v) is 2.11. The molecule has 0 spiro atoms. The Kier molecular flexibility index (Phi) is 6.21. The van der Waals surface area contributed by atoms with Crippen LogP contribution in [0.1, 0.15) is 18.1 Å². The van der Waals surface area contributed by atoms with Crippen molar-refractivity contribution in [1.29, 1.82) is 0 Å². The van der Waals surface area contributed by atoms with Gasteiger partial charge >= 0.3 is 6.09 Å². The molecule has 1 atom stereocenters. The lowest BCUT2D eigenvalue weighted by atomic mass is 10.2. The predicted octanol–water partition coefficient (Wildman–Crippen LogP) is 3.90. The molecule has 2 amide bonds. The van der Waals surface area contributed by atoms with Crippen LogP contribution >= 0.6 is 11.6 Å². The van der Waals surface area contributed by atoms with Crippen molar-refractivity contribution in [2.75, 3.05) is 5.32 Å². The zero-order valence-electron chi connectivity index (χ0n) is 13.5. The maximum atomic E-state index is 12.1. The summed E-state index contributed by atoms with van der Waals surface area (Å²) < 4.78 is 5.08. The van der Waals surface area contributed by atoms with Crippen LogP contribution in [0.4, 0.5) is 10.5 Å². The average molecular weight is 347 g/mol. The van der Waals surface area contributed by atoms with Gasteiger partial charge in [-0.05, 0) is 37.1 Å². The van der Waals surface area contributed by atoms with Crippen LogP contribution in [0.25, 0.3) is 0 Å². The summed E-state index contributed by atoms with van der Waals surface area (Å²) in [7, 11) is 0. The van der Waals surface area contributed by atoms with E-state index in [4.69, 9.17) is 16.3 Å². The topological polar surface area (TPSA) is 67.4 Å². The van der Waals surface area contributed by atoms with E-state index in [1.807, 2.05) is 43.3 Å². The van der Waals surface area contributed by atoms with Crippen LogP contribution in [-0.4, -0.2) is 18.0 Å². The Hall–Kier alpha value is -2.53. The van der Waals surface area contributed by atoms with Crippen molar-refractivity contribution in [3.63, 3.8) is 0 Å². The Morgan fingerprint density at radius 2 is 1.88 bits per heavy atom. The molecule has 0 saturated heterocycles. The van der Waals surface area contributed by atoms with Crippen LogP contribution in [0.2, 0.25) is 5.02 Å². The van der Waals surface area contributed by atoms with Gasteiger partial charge in [-0.1, -0.05) is 48.0 Å². The van der Waals surface area contributed by atoms with Crippen LogP contribution in [-0.2, 0) is 16.1 Å². The van der Waals surface area contributed by atoms with Crippen LogP contribution < -0.4 is 10.6 Å². The molecule has 0 aliphatic rings. The number of benzene rings is 2. The van der Waals surface area contributed by atoms with E-state index in [1.54, 1.807) is 19.1 Å². The third-order valence-electron chi connectivity index (χ3n) is 3.38. The summed E-state index contributed by atoms with van der Waals surface area (Å²) in [4.78, 5) is 23.8. The van der Waals surface area contributed by atoms with Crippen LogP contribution in [0.15, 0.2) is 48.5 Å². The Morgan fingerprint density at radius 3 is 2.54 bits per heavy atom. The Balaban J connectivity index is 1.82. The van der Waals surface area contributed by atoms with Crippen molar-refractivity contribution in [2.24, 2.45) is 0 Å². The molecule has 0 bridgehead atoms. The summed E-state index contributed by atoms with van der Waals surface area (Å²) in [6, 6.07) is 13.8. The van der Waals surface area contributed by atoms with Gasteiger partial charge < -0.3 is 15.4 Å². The lowest BCUT2D eigenvalue weighted by molar-refractivity contribution is -0.117. The number of amides is 2. The number of alkyl carbamates (subject to hydrolysis) is 1. The number of carbonyl (C=O) groups is 2. The second-order valence-corrected chi connectivity index (χ2v) is 5.79. The molecule has 2 aromatic rings. The number of rotatable bonds is 5. The van der Waals surface area contributed by atoms with Gasteiger partial charge in [0.05, 0.1) is 0 Å². The highest BCUT2D eigenvalue weighted by Crippen LogP contribution is 2.20. The lowest BCUT2D eigenvalue weighted by Gasteiger charge is -2.14. The van der Waals surface area contributed by atoms with Gasteiger partial charge in [0.25, 0.3) is 0 Å². The van der Waals surface area contributed by atoms with Crippen LogP contribution in [0.3, 0.4) is 0 Å². The van der Waals surface area contributed by atoms with Gasteiger partial charge in [-0.15, -0.1) is 0 Å². The summed E-state index contributed by atoms with van der Waals surface area (Å²) in [5, 5.41) is 5.75. The van der Waals surface area contributed by atoms with Gasteiger partial charge in [0.15, 0.2) is 0 Å². The molecule has 0 aliphatic heterocycles. The first-order valence-electron chi connectivity index (χ1n) is 7.50. The number of nitrogens with one attached hydrogen (secondary N) is 2. The highest BCUT2D eigenvalue weighted by atomic mass is 35.5. The fraction of sp³-hybridized carbons (Fsp3) is 0.222. The number of anilines is 1. The fourth-order valence-electron chi connectivity index (χ4n) is 1.93. The zero-order valence-corrected chi connectivity index (χ0v) is 14.3. The minimum atomic E-state index is -0.742. The second-order valence-electron chi connectivity index (χ2n) is 5.38. The zero-order chi connectivity index (χ0) is 17.5. The molecule has 6 heteroatoms. The quantitative estimate of drug-likeness (QED) is 0.862. The largest absolute Gasteiger partial charge is 0.445 e. The van der Waals surface area contributed by atoms with E-state index in [1.165, 1.54) is 0 Å². The Morgan fingerprint density at radius 1 is 1.17 bits per heavy atom. The molecule has 0 aliphatic carbocycles. The molecule has 2 rings (SSSR count). The van der Waals surface area contributed by atoms with Crippen molar-refractivity contribution in [3.05, 3.63) is 64.7 Å². The lowest BCUT2D eigenvalue weighted by Crippen LogP contribution is -2.41. The number of hydrogen-bond donors (Lipinski definition) is 2. The maximum Gasteiger partial charge on any atom is 0.408 e. The molecule has 5 nitrogen and oxygen atoms in total. The second kappa shape index (κ2) is 8.36. The third-order valence-corrected chi connectivity index (χ3v) is 3.79. The number of ether oxygens (including phenoxy) is 1. The van der Waals surface area contributed by atoms with E-state index >= 15 is 0 Å². The van der Waals surface area contributed by atoms with Crippen molar-refractivity contribution >= 4 is 29.3 Å². The third kappa shape index (κ3) is 5.28. The SMILES string of the molecule is Cc1ccc(NC(=O)[C@@H](C)NC(=O)OCc2ccccc2)cc1Cl. The van der Waals surface area contributed by atoms with Gasteiger partial charge in [0, 0.05) is 10.7 Å². The number of aryl methyl sites for hydroxylation is 1. The van der Waals surface area contributed by atoms with Gasteiger partial charge in [0.2, 0.25) is 5.91 Å². The monoisotopic (exact) mass is 346 g/mol. The van der Waals surface area contributed by atoms with E-state index in [0.29, 0.717) is 10.7 Å². The van der Waals surface area contributed by atoms with E-state index in [9.17, 15) is 9.59 Å². The molecule has 0 heterocycles. The highest BCUT2D eigenvalue weighted by molar-refractivity contribution is 6.31. The highest BCUT2D eigenvalue weighted by Gasteiger charge is 2.16. The van der Waals surface area contributed by atoms with Crippen LogP contribution in [0.5, 0.6) is 0 Å². The van der Waals surface area contributed by atoms with Crippen molar-refractivity contribution in [1.82, 2.24) is 5.32 Å². The summed E-state index contributed by atoms with van der Waals surface area (Å²) in [6.07, 6.45) is -0.650. The standard InChI is InChI=1S/C18H19ClN2O3/c1-12-8-9-15(10-16(12)19)21-17(22)13(2)20-18(23)24-11-14-6-4-3-5-7-14/h3-10,13H,11H2,1-2H3,(H,20,23)(H,21,22)/t13-/m1/s1. The van der Waals surface area contributed by atoms with Crippen molar-refractivity contribution in [2.45, 2.75) is 26.5 Å². The first kappa shape index (κ1) is 17.8. The summed E-state index contributed by atoms with van der Waals surface area (Å²) in [5.41, 5.74) is 2.37. The number of carbonyl (C=O) groups excluding carboxylic acids is 2. The summed E-state index contributed by atoms with van der Waals surface area (Å²) in [6.45, 7) is 3.60. The molecule has 0 radical (unpaired) electrons. The van der Waals surface area contributed by atoms with Crippen molar-refractivity contribution < 1.29 is 14.3 Å². The maximum absolute atomic E-state index is 12.1. The molecule has 2 aromatic carbocycles. The molecule has 0 aromatic heterocycles. The molecule has 126 valence electrons. The predicted molar refractivity (Wildman–Crippen MR) is 94.0 cm³/mol. The molecule has 2 N–H and O–H groups in total. The van der Waals surface area contributed by atoms with Gasteiger partial charge in [-0.3, -0.25) is 4.79 Å². The minimum Gasteiger partial charge on any atom is -0.445 e. The minimum absolute atomic E-state index is 0.147. The Labute approximate surface area is 146 Å².